The first-order valence-corrected chi connectivity index (χ1v) is 8.31. The van der Waals surface area contributed by atoms with Crippen LogP contribution >= 0.6 is 0 Å². The lowest BCUT2D eigenvalue weighted by Gasteiger charge is -2.29. The SMILES string of the molecule is C=CCN1CCC(N(C(=O)Nc2ccccc2)c2ccccc2)C1. The monoisotopic (exact) mass is 321 g/mol. The van der Waals surface area contributed by atoms with Crippen molar-refractivity contribution in [3.63, 3.8) is 0 Å². The van der Waals surface area contributed by atoms with Gasteiger partial charge in [0, 0.05) is 31.0 Å². The molecule has 2 aromatic rings. The van der Waals surface area contributed by atoms with Crippen molar-refractivity contribution in [1.82, 2.24) is 4.90 Å². The Morgan fingerprint density at radius 1 is 1.17 bits per heavy atom. The van der Waals surface area contributed by atoms with Gasteiger partial charge in [0.1, 0.15) is 0 Å². The smallest absolute Gasteiger partial charge is 0.308 e. The van der Waals surface area contributed by atoms with Crippen LogP contribution in [0.4, 0.5) is 16.2 Å². The fraction of sp³-hybridized carbons (Fsp3) is 0.250. The number of nitrogens with one attached hydrogen (secondary N) is 1. The second-order valence-corrected chi connectivity index (χ2v) is 5.99. The molecule has 4 heteroatoms. The maximum absolute atomic E-state index is 12.9. The molecule has 1 aliphatic rings. The van der Waals surface area contributed by atoms with Gasteiger partial charge in [-0.25, -0.2) is 4.79 Å². The lowest BCUT2D eigenvalue weighted by Crippen LogP contribution is -2.44. The highest BCUT2D eigenvalue weighted by atomic mass is 16.2. The molecule has 0 bridgehead atoms. The summed E-state index contributed by atoms with van der Waals surface area (Å²) in [4.78, 5) is 17.1. The van der Waals surface area contributed by atoms with Crippen molar-refractivity contribution in [2.24, 2.45) is 0 Å². The van der Waals surface area contributed by atoms with Crippen LogP contribution in [0.1, 0.15) is 6.42 Å². The Morgan fingerprint density at radius 2 is 1.83 bits per heavy atom. The van der Waals surface area contributed by atoms with Crippen LogP contribution in [0, 0.1) is 0 Å². The Bertz CT molecular complexity index is 672. The Labute approximate surface area is 143 Å². The summed E-state index contributed by atoms with van der Waals surface area (Å²) >= 11 is 0. The molecule has 1 N–H and O–H groups in total. The number of urea groups is 1. The van der Waals surface area contributed by atoms with Gasteiger partial charge in [-0.15, -0.1) is 6.58 Å². The Morgan fingerprint density at radius 3 is 2.50 bits per heavy atom. The van der Waals surface area contributed by atoms with Gasteiger partial charge in [0.2, 0.25) is 0 Å². The third-order valence-electron chi connectivity index (χ3n) is 4.28. The van der Waals surface area contributed by atoms with E-state index in [-0.39, 0.29) is 12.1 Å². The molecule has 24 heavy (non-hydrogen) atoms. The minimum absolute atomic E-state index is 0.0853. The van der Waals surface area contributed by atoms with Gasteiger partial charge in [-0.3, -0.25) is 9.80 Å². The molecular formula is C20H23N3O. The van der Waals surface area contributed by atoms with E-state index in [1.54, 1.807) is 0 Å². The van der Waals surface area contributed by atoms with Crippen molar-refractivity contribution in [2.75, 3.05) is 29.9 Å². The van der Waals surface area contributed by atoms with Crippen LogP contribution in [-0.4, -0.2) is 36.6 Å². The predicted molar refractivity (Wildman–Crippen MR) is 99.4 cm³/mol. The molecule has 2 aromatic carbocycles. The molecule has 1 fully saturated rings. The maximum atomic E-state index is 12.9. The van der Waals surface area contributed by atoms with Crippen LogP contribution in [0.5, 0.6) is 0 Å². The van der Waals surface area contributed by atoms with Gasteiger partial charge in [-0.05, 0) is 30.7 Å². The van der Waals surface area contributed by atoms with Gasteiger partial charge in [0.05, 0.1) is 6.04 Å². The second kappa shape index (κ2) is 7.79. The lowest BCUT2D eigenvalue weighted by atomic mass is 10.2. The summed E-state index contributed by atoms with van der Waals surface area (Å²) < 4.78 is 0. The number of hydrogen-bond donors (Lipinski definition) is 1. The summed E-state index contributed by atoms with van der Waals surface area (Å²) in [7, 11) is 0. The Balaban J connectivity index is 1.80. The number of nitrogens with zero attached hydrogens (tertiary/aromatic N) is 2. The number of hydrogen-bond acceptors (Lipinski definition) is 2. The summed E-state index contributed by atoms with van der Waals surface area (Å²) in [6, 6.07) is 19.5. The largest absolute Gasteiger partial charge is 0.326 e. The zero-order valence-corrected chi connectivity index (χ0v) is 13.8. The first kappa shape index (κ1) is 16.3. The van der Waals surface area contributed by atoms with E-state index in [0.29, 0.717) is 0 Å². The first-order chi connectivity index (χ1) is 11.8. The predicted octanol–water partition coefficient (Wildman–Crippen LogP) is 3.99. The summed E-state index contributed by atoms with van der Waals surface area (Å²) in [5, 5.41) is 3.01. The molecule has 0 spiro atoms. The van der Waals surface area contributed by atoms with Crippen LogP contribution in [0.15, 0.2) is 73.3 Å². The molecule has 1 aliphatic heterocycles. The van der Waals surface area contributed by atoms with Gasteiger partial charge < -0.3 is 5.32 Å². The Hall–Kier alpha value is -2.59. The van der Waals surface area contributed by atoms with Crippen LogP contribution in [0.3, 0.4) is 0 Å². The minimum Gasteiger partial charge on any atom is -0.308 e. The summed E-state index contributed by atoms with van der Waals surface area (Å²) in [6.07, 6.45) is 2.88. The molecule has 4 nitrogen and oxygen atoms in total. The van der Waals surface area contributed by atoms with Crippen molar-refractivity contribution in [3.8, 4) is 0 Å². The molecule has 0 aromatic heterocycles. The molecule has 1 heterocycles. The number of para-hydroxylation sites is 2. The maximum Gasteiger partial charge on any atom is 0.326 e. The molecule has 1 atom stereocenters. The molecular weight excluding hydrogens is 298 g/mol. The van der Waals surface area contributed by atoms with E-state index in [4.69, 9.17) is 0 Å². The van der Waals surface area contributed by atoms with E-state index in [0.717, 1.165) is 37.4 Å². The molecule has 1 saturated heterocycles. The highest BCUT2D eigenvalue weighted by Gasteiger charge is 2.31. The molecule has 0 aliphatic carbocycles. The molecule has 2 amide bonds. The van der Waals surface area contributed by atoms with E-state index in [9.17, 15) is 4.79 Å². The molecule has 1 unspecified atom stereocenters. The van der Waals surface area contributed by atoms with Crippen molar-refractivity contribution < 1.29 is 4.79 Å². The van der Waals surface area contributed by atoms with E-state index in [1.807, 2.05) is 71.6 Å². The molecule has 0 saturated carbocycles. The number of carbonyl (C=O) groups excluding carboxylic acids is 1. The number of carbonyl (C=O) groups is 1. The minimum atomic E-state index is -0.0853. The van der Waals surface area contributed by atoms with Crippen molar-refractivity contribution in [2.45, 2.75) is 12.5 Å². The van der Waals surface area contributed by atoms with E-state index >= 15 is 0 Å². The van der Waals surface area contributed by atoms with Gasteiger partial charge >= 0.3 is 6.03 Å². The summed E-state index contributed by atoms with van der Waals surface area (Å²) in [5.74, 6) is 0. The average Bonchev–Trinajstić information content (AvgIpc) is 3.05. The van der Waals surface area contributed by atoms with E-state index in [2.05, 4.69) is 16.8 Å². The van der Waals surface area contributed by atoms with E-state index in [1.165, 1.54) is 0 Å². The quantitative estimate of drug-likeness (QED) is 0.845. The van der Waals surface area contributed by atoms with Gasteiger partial charge in [0.25, 0.3) is 0 Å². The highest BCUT2D eigenvalue weighted by Crippen LogP contribution is 2.24. The molecule has 3 rings (SSSR count). The van der Waals surface area contributed by atoms with Crippen LogP contribution in [-0.2, 0) is 0 Å². The number of anilines is 2. The van der Waals surface area contributed by atoms with Crippen LogP contribution in [0.2, 0.25) is 0 Å². The van der Waals surface area contributed by atoms with Crippen molar-refractivity contribution in [1.29, 1.82) is 0 Å². The number of likely N-dealkylation sites (tertiary alicyclic amines) is 1. The topological polar surface area (TPSA) is 35.6 Å². The molecule has 0 radical (unpaired) electrons. The second-order valence-electron chi connectivity index (χ2n) is 5.99. The Kier molecular flexibility index (Phi) is 5.29. The number of benzene rings is 2. The normalized spacial score (nSPS) is 17.4. The van der Waals surface area contributed by atoms with Crippen LogP contribution in [0.25, 0.3) is 0 Å². The summed E-state index contributed by atoms with van der Waals surface area (Å²) in [5.41, 5.74) is 1.74. The first-order valence-electron chi connectivity index (χ1n) is 8.31. The van der Waals surface area contributed by atoms with Gasteiger partial charge in [-0.2, -0.15) is 0 Å². The number of amides is 2. The zero-order valence-electron chi connectivity index (χ0n) is 13.8. The van der Waals surface area contributed by atoms with Gasteiger partial charge in [0.15, 0.2) is 0 Å². The fourth-order valence-corrected chi connectivity index (χ4v) is 3.16. The third kappa shape index (κ3) is 3.84. The van der Waals surface area contributed by atoms with E-state index < -0.39 is 0 Å². The van der Waals surface area contributed by atoms with Crippen molar-refractivity contribution in [3.05, 3.63) is 73.3 Å². The molecule has 124 valence electrons. The average molecular weight is 321 g/mol. The fourth-order valence-electron chi connectivity index (χ4n) is 3.16. The van der Waals surface area contributed by atoms with Crippen LogP contribution < -0.4 is 10.2 Å². The third-order valence-corrected chi connectivity index (χ3v) is 4.28. The summed E-state index contributed by atoms with van der Waals surface area (Å²) in [6.45, 7) is 6.52. The van der Waals surface area contributed by atoms with Gasteiger partial charge in [-0.1, -0.05) is 42.5 Å². The standard InChI is InChI=1S/C20H23N3O/c1-2-14-22-15-13-19(16-22)23(18-11-7-4-8-12-18)20(24)21-17-9-5-3-6-10-17/h2-12,19H,1,13-16H2,(H,21,24). The van der Waals surface area contributed by atoms with Crippen molar-refractivity contribution >= 4 is 17.4 Å². The lowest BCUT2D eigenvalue weighted by molar-refractivity contribution is 0.254. The number of rotatable bonds is 5. The highest BCUT2D eigenvalue weighted by molar-refractivity contribution is 6.02. The zero-order chi connectivity index (χ0) is 16.8.